The van der Waals surface area contributed by atoms with Crippen molar-refractivity contribution in [1.82, 2.24) is 9.88 Å². The fourth-order valence-corrected chi connectivity index (χ4v) is 4.09. The second-order valence-electron chi connectivity index (χ2n) is 6.33. The van der Waals surface area contributed by atoms with Crippen LogP contribution in [0.15, 0.2) is 23.6 Å². The van der Waals surface area contributed by atoms with E-state index in [0.29, 0.717) is 17.7 Å². The van der Waals surface area contributed by atoms with Crippen LogP contribution in [0.25, 0.3) is 0 Å². The third-order valence-corrected chi connectivity index (χ3v) is 5.51. The molecule has 1 unspecified atom stereocenters. The molecule has 2 heterocycles. The molecule has 1 amide bonds. The highest BCUT2D eigenvalue weighted by Crippen LogP contribution is 2.35. The molecule has 7 heteroatoms. The summed E-state index contributed by atoms with van der Waals surface area (Å²) in [6.07, 6.45) is 1.75. The third kappa shape index (κ3) is 3.53. The number of Topliss-reactive ketones (excluding diaryl/α,β-unsaturated/α-hetero) is 1. The summed E-state index contributed by atoms with van der Waals surface area (Å²) >= 11 is 1.55. The zero-order valence-corrected chi connectivity index (χ0v) is 15.8. The van der Waals surface area contributed by atoms with Gasteiger partial charge in [-0.15, -0.1) is 11.3 Å². The van der Waals surface area contributed by atoms with E-state index in [9.17, 15) is 14.4 Å². The zero-order chi connectivity index (χ0) is 18.8. The van der Waals surface area contributed by atoms with Crippen LogP contribution in [-0.4, -0.2) is 41.2 Å². The molecule has 0 saturated carbocycles. The first-order valence-corrected chi connectivity index (χ1v) is 9.26. The van der Waals surface area contributed by atoms with Crippen LogP contribution in [-0.2, 0) is 4.74 Å². The summed E-state index contributed by atoms with van der Waals surface area (Å²) in [5.41, 5.74) is 1.77. The van der Waals surface area contributed by atoms with Crippen LogP contribution in [0.2, 0.25) is 0 Å². The Balaban J connectivity index is 1.96. The molecule has 1 aliphatic heterocycles. The van der Waals surface area contributed by atoms with Gasteiger partial charge in [-0.25, -0.2) is 9.78 Å². The Hall–Kier alpha value is -2.54. The number of benzene rings is 1. The number of amides is 1. The number of ether oxygens (including phenoxy) is 1. The third-order valence-electron chi connectivity index (χ3n) is 4.44. The Morgan fingerprint density at radius 2 is 1.88 bits per heavy atom. The minimum Gasteiger partial charge on any atom is -0.465 e. The van der Waals surface area contributed by atoms with Crippen molar-refractivity contribution in [3.05, 3.63) is 51.0 Å². The largest absolute Gasteiger partial charge is 0.465 e. The smallest absolute Gasteiger partial charge is 0.337 e. The number of nitrogens with zero attached hydrogens (tertiary/aromatic N) is 2. The van der Waals surface area contributed by atoms with Crippen molar-refractivity contribution in [2.45, 2.75) is 32.7 Å². The van der Waals surface area contributed by atoms with Gasteiger partial charge in [0.2, 0.25) is 0 Å². The lowest BCUT2D eigenvalue weighted by molar-refractivity contribution is 0.0600. The SMILES string of the molecule is COC(=O)c1cc(C(C)=O)cc(C(=O)N2CCCC2c2nc(C)cs2)c1. The van der Waals surface area contributed by atoms with Gasteiger partial charge in [-0.3, -0.25) is 9.59 Å². The lowest BCUT2D eigenvalue weighted by Gasteiger charge is -2.23. The van der Waals surface area contributed by atoms with Crippen LogP contribution in [0.4, 0.5) is 0 Å². The number of hydrogen-bond donors (Lipinski definition) is 0. The van der Waals surface area contributed by atoms with Crippen molar-refractivity contribution in [3.8, 4) is 0 Å². The summed E-state index contributed by atoms with van der Waals surface area (Å²) in [6, 6.07) is 4.42. The first kappa shape index (κ1) is 18.3. The lowest BCUT2D eigenvalue weighted by atomic mass is 10.0. The average molecular weight is 372 g/mol. The molecule has 0 radical (unpaired) electrons. The first-order valence-electron chi connectivity index (χ1n) is 8.38. The van der Waals surface area contributed by atoms with E-state index < -0.39 is 5.97 Å². The highest BCUT2D eigenvalue weighted by molar-refractivity contribution is 7.09. The predicted molar refractivity (Wildman–Crippen MR) is 97.6 cm³/mol. The van der Waals surface area contributed by atoms with Gasteiger partial charge >= 0.3 is 5.97 Å². The van der Waals surface area contributed by atoms with Crippen LogP contribution in [0, 0.1) is 6.92 Å². The topological polar surface area (TPSA) is 76.6 Å². The molecule has 1 atom stereocenters. The molecular weight excluding hydrogens is 352 g/mol. The van der Waals surface area contributed by atoms with E-state index in [-0.39, 0.29) is 23.3 Å². The quantitative estimate of drug-likeness (QED) is 0.607. The summed E-state index contributed by atoms with van der Waals surface area (Å²) in [5, 5.41) is 2.89. The molecule has 1 fully saturated rings. The van der Waals surface area contributed by atoms with Gasteiger partial charge < -0.3 is 9.64 Å². The van der Waals surface area contributed by atoms with Crippen molar-refractivity contribution < 1.29 is 19.1 Å². The molecule has 2 aromatic rings. The van der Waals surface area contributed by atoms with Crippen LogP contribution in [0.5, 0.6) is 0 Å². The van der Waals surface area contributed by atoms with Crippen LogP contribution < -0.4 is 0 Å². The molecule has 6 nitrogen and oxygen atoms in total. The van der Waals surface area contributed by atoms with Gasteiger partial charge in [-0.1, -0.05) is 0 Å². The number of carbonyl (C=O) groups excluding carboxylic acids is 3. The van der Waals surface area contributed by atoms with E-state index in [0.717, 1.165) is 23.5 Å². The monoisotopic (exact) mass is 372 g/mol. The van der Waals surface area contributed by atoms with Gasteiger partial charge in [0.05, 0.1) is 18.7 Å². The Bertz CT molecular complexity index is 874. The van der Waals surface area contributed by atoms with E-state index in [1.165, 1.54) is 26.2 Å². The number of thiazole rings is 1. The number of aryl methyl sites for hydroxylation is 1. The molecule has 0 aliphatic carbocycles. The molecule has 0 bridgehead atoms. The second kappa shape index (κ2) is 7.37. The maximum Gasteiger partial charge on any atom is 0.337 e. The summed E-state index contributed by atoms with van der Waals surface area (Å²) in [6.45, 7) is 3.96. The average Bonchev–Trinajstić information content (AvgIpc) is 3.28. The van der Waals surface area contributed by atoms with Gasteiger partial charge in [0.25, 0.3) is 5.91 Å². The van der Waals surface area contributed by atoms with E-state index in [1.807, 2.05) is 12.3 Å². The van der Waals surface area contributed by atoms with Crippen LogP contribution >= 0.6 is 11.3 Å². The van der Waals surface area contributed by atoms with E-state index in [1.54, 1.807) is 22.3 Å². The van der Waals surface area contributed by atoms with Gasteiger partial charge in [0.15, 0.2) is 5.78 Å². The Labute approximate surface area is 155 Å². The Morgan fingerprint density at radius 1 is 1.19 bits per heavy atom. The van der Waals surface area contributed by atoms with Crippen molar-refractivity contribution in [1.29, 1.82) is 0 Å². The summed E-state index contributed by atoms with van der Waals surface area (Å²) in [5.74, 6) is -0.984. The molecule has 0 spiro atoms. The van der Waals surface area contributed by atoms with Gasteiger partial charge in [-0.05, 0) is 44.9 Å². The maximum absolute atomic E-state index is 13.1. The fourth-order valence-electron chi connectivity index (χ4n) is 3.15. The summed E-state index contributed by atoms with van der Waals surface area (Å²) < 4.78 is 4.74. The number of hydrogen-bond acceptors (Lipinski definition) is 6. The molecule has 136 valence electrons. The highest BCUT2D eigenvalue weighted by atomic mass is 32.1. The Morgan fingerprint density at radius 3 is 2.50 bits per heavy atom. The molecular formula is C19H20N2O4S. The summed E-state index contributed by atoms with van der Waals surface area (Å²) in [7, 11) is 1.27. The van der Waals surface area contributed by atoms with E-state index in [4.69, 9.17) is 4.74 Å². The maximum atomic E-state index is 13.1. The molecule has 3 rings (SSSR count). The Kier molecular flexibility index (Phi) is 5.18. The van der Waals surface area contributed by atoms with E-state index in [2.05, 4.69) is 4.98 Å². The number of methoxy groups -OCH3 is 1. The number of carbonyl (C=O) groups is 3. The standard InChI is InChI=1S/C19H20N2O4S/c1-11-10-26-17(20-11)16-5-4-6-21(16)18(23)14-7-13(12(2)22)8-15(9-14)19(24)25-3/h7-10,16H,4-6H2,1-3H3. The minimum atomic E-state index is -0.573. The minimum absolute atomic E-state index is 0.0660. The summed E-state index contributed by atoms with van der Waals surface area (Å²) in [4.78, 5) is 43.1. The molecule has 1 saturated heterocycles. The second-order valence-corrected chi connectivity index (χ2v) is 7.22. The number of esters is 1. The van der Waals surface area contributed by atoms with Crippen molar-refractivity contribution in [2.24, 2.45) is 0 Å². The predicted octanol–water partition coefficient (Wildman–Crippen LogP) is 3.42. The van der Waals surface area contributed by atoms with Crippen LogP contribution in [0.1, 0.15) is 67.6 Å². The fraction of sp³-hybridized carbons (Fsp3) is 0.368. The number of rotatable bonds is 4. The number of ketones is 1. The van der Waals surface area contributed by atoms with Crippen molar-refractivity contribution >= 4 is 29.0 Å². The van der Waals surface area contributed by atoms with Gasteiger partial charge in [0.1, 0.15) is 5.01 Å². The number of likely N-dealkylation sites (tertiary alicyclic amines) is 1. The molecule has 1 aromatic carbocycles. The zero-order valence-electron chi connectivity index (χ0n) is 14.9. The van der Waals surface area contributed by atoms with Crippen molar-refractivity contribution in [3.63, 3.8) is 0 Å². The number of aromatic nitrogens is 1. The lowest BCUT2D eigenvalue weighted by Crippen LogP contribution is -2.31. The van der Waals surface area contributed by atoms with Crippen LogP contribution in [0.3, 0.4) is 0 Å². The van der Waals surface area contributed by atoms with Gasteiger partial charge in [0, 0.05) is 28.7 Å². The highest BCUT2D eigenvalue weighted by Gasteiger charge is 2.33. The normalized spacial score (nSPS) is 16.6. The molecule has 0 N–H and O–H groups in total. The van der Waals surface area contributed by atoms with E-state index >= 15 is 0 Å². The molecule has 1 aromatic heterocycles. The first-order chi connectivity index (χ1) is 12.4. The molecule has 26 heavy (non-hydrogen) atoms. The molecule has 1 aliphatic rings. The van der Waals surface area contributed by atoms with Crippen molar-refractivity contribution in [2.75, 3.05) is 13.7 Å². The van der Waals surface area contributed by atoms with Gasteiger partial charge in [-0.2, -0.15) is 0 Å².